The van der Waals surface area contributed by atoms with Gasteiger partial charge in [-0.2, -0.15) is 0 Å². The Hall–Kier alpha value is -3.32. The number of aliphatic hydroxyl groups excluding tert-OH is 1. The van der Waals surface area contributed by atoms with Crippen molar-refractivity contribution in [1.29, 1.82) is 5.41 Å². The summed E-state index contributed by atoms with van der Waals surface area (Å²) in [6.07, 6.45) is 9.23. The van der Waals surface area contributed by atoms with Gasteiger partial charge in [-0.3, -0.25) is 4.79 Å². The highest BCUT2D eigenvalue weighted by Crippen LogP contribution is 2.32. The predicted octanol–water partition coefficient (Wildman–Crippen LogP) is 5.01. The van der Waals surface area contributed by atoms with Gasteiger partial charge in [-0.05, 0) is 61.2 Å². The van der Waals surface area contributed by atoms with Crippen molar-refractivity contribution in [3.8, 4) is 11.4 Å². The van der Waals surface area contributed by atoms with Crippen LogP contribution in [0.15, 0.2) is 48.7 Å². The molecule has 0 saturated heterocycles. The molecule has 0 bridgehead atoms. The normalized spacial score (nSPS) is 13.5. The number of carboxylic acid groups (broad SMARTS) is 1. The molecule has 1 heterocycles. The van der Waals surface area contributed by atoms with Crippen molar-refractivity contribution in [2.75, 3.05) is 18.9 Å². The maximum absolute atomic E-state index is 9.06. The lowest BCUT2D eigenvalue weighted by Crippen LogP contribution is -2.03. The molecule has 0 unspecified atom stereocenters. The minimum Gasteiger partial charge on any atom is -0.491 e. The molecular formula is C26H33N3O4. The van der Waals surface area contributed by atoms with Crippen molar-refractivity contribution in [2.24, 2.45) is 5.92 Å². The molecule has 5 N–H and O–H groups in total. The molecule has 0 amide bonds. The van der Waals surface area contributed by atoms with Crippen molar-refractivity contribution in [1.82, 2.24) is 4.57 Å². The SMILES string of the molecule is CC(=O)O.N=C(CCC1CCCC1)c1cn(-c2ccc(N)cc2)c2ccc(OCCO)cc12. The number of aliphatic carboxylic acids is 1. The van der Waals surface area contributed by atoms with Crippen LogP contribution in [0.2, 0.25) is 0 Å². The lowest BCUT2D eigenvalue weighted by molar-refractivity contribution is -0.134. The number of aliphatic hydroxyl groups is 1. The molecule has 1 fully saturated rings. The van der Waals surface area contributed by atoms with E-state index in [1.807, 2.05) is 42.5 Å². The summed E-state index contributed by atoms with van der Waals surface area (Å²) in [5, 5.41) is 26.3. The molecule has 0 spiro atoms. The van der Waals surface area contributed by atoms with E-state index in [9.17, 15) is 0 Å². The Bertz CT molecular complexity index is 1080. The van der Waals surface area contributed by atoms with Crippen LogP contribution in [0.3, 0.4) is 0 Å². The summed E-state index contributed by atoms with van der Waals surface area (Å²) < 4.78 is 7.74. The Balaban J connectivity index is 0.000000709. The summed E-state index contributed by atoms with van der Waals surface area (Å²) in [5.41, 5.74) is 10.3. The summed E-state index contributed by atoms with van der Waals surface area (Å²) in [6, 6.07) is 13.7. The van der Waals surface area contributed by atoms with E-state index in [2.05, 4.69) is 10.8 Å². The van der Waals surface area contributed by atoms with Crippen LogP contribution in [-0.2, 0) is 4.79 Å². The van der Waals surface area contributed by atoms with E-state index in [0.717, 1.165) is 53.5 Å². The van der Waals surface area contributed by atoms with Gasteiger partial charge in [0.25, 0.3) is 5.97 Å². The minimum atomic E-state index is -0.833. The minimum absolute atomic E-state index is 0.0193. The Morgan fingerprint density at radius 3 is 2.48 bits per heavy atom. The summed E-state index contributed by atoms with van der Waals surface area (Å²) in [4.78, 5) is 9.00. The maximum atomic E-state index is 9.06. The first-order valence-corrected chi connectivity index (χ1v) is 11.4. The number of nitrogen functional groups attached to an aromatic ring is 1. The molecule has 1 aliphatic rings. The molecule has 4 rings (SSSR count). The van der Waals surface area contributed by atoms with Crippen LogP contribution >= 0.6 is 0 Å². The molecule has 1 saturated carbocycles. The highest BCUT2D eigenvalue weighted by Gasteiger charge is 2.18. The van der Waals surface area contributed by atoms with Crippen LogP contribution in [0.1, 0.15) is 51.0 Å². The van der Waals surface area contributed by atoms with E-state index in [1.165, 1.54) is 25.7 Å². The van der Waals surface area contributed by atoms with Crippen molar-refractivity contribution >= 4 is 28.3 Å². The summed E-state index contributed by atoms with van der Waals surface area (Å²) in [5.74, 6) is 0.649. The predicted molar refractivity (Wildman–Crippen MR) is 132 cm³/mol. The van der Waals surface area contributed by atoms with Gasteiger partial charge in [0, 0.05) is 41.2 Å². The number of nitrogens with two attached hydrogens (primary N) is 1. The van der Waals surface area contributed by atoms with Crippen LogP contribution in [-0.4, -0.2) is 39.7 Å². The van der Waals surface area contributed by atoms with Gasteiger partial charge in [0.05, 0.1) is 12.1 Å². The number of carbonyl (C=O) groups is 1. The second-order valence-corrected chi connectivity index (χ2v) is 8.44. The zero-order valence-corrected chi connectivity index (χ0v) is 19.1. The van der Waals surface area contributed by atoms with Gasteiger partial charge >= 0.3 is 0 Å². The van der Waals surface area contributed by atoms with Crippen LogP contribution in [0, 0.1) is 11.3 Å². The first-order valence-electron chi connectivity index (χ1n) is 11.4. The number of hydrogen-bond acceptors (Lipinski definition) is 5. The number of aromatic nitrogens is 1. The monoisotopic (exact) mass is 451 g/mol. The second-order valence-electron chi connectivity index (χ2n) is 8.44. The molecule has 1 aromatic heterocycles. The molecule has 176 valence electrons. The van der Waals surface area contributed by atoms with Crippen molar-refractivity contribution in [3.05, 3.63) is 54.2 Å². The smallest absolute Gasteiger partial charge is 0.300 e. The van der Waals surface area contributed by atoms with Gasteiger partial charge in [-0.25, -0.2) is 0 Å². The Labute approximate surface area is 194 Å². The van der Waals surface area contributed by atoms with Gasteiger partial charge in [0.15, 0.2) is 0 Å². The standard InChI is InChI=1S/C24H29N3O2.C2H4O2/c25-18-6-8-19(9-7-18)27-16-22(23(26)11-5-17-3-1-2-4-17)21-15-20(29-14-13-28)10-12-24(21)27;1-2(3)4/h6-10,12,15-17,26,28H,1-5,11,13-14,25H2;1H3,(H,3,4). The molecule has 1 aliphatic carbocycles. The highest BCUT2D eigenvalue weighted by atomic mass is 16.5. The summed E-state index contributed by atoms with van der Waals surface area (Å²) in [7, 11) is 0. The van der Waals surface area contributed by atoms with Crippen LogP contribution in [0.25, 0.3) is 16.6 Å². The Morgan fingerprint density at radius 2 is 1.85 bits per heavy atom. The van der Waals surface area contributed by atoms with Crippen molar-refractivity contribution in [3.63, 3.8) is 0 Å². The molecule has 7 nitrogen and oxygen atoms in total. The topological polar surface area (TPSA) is 122 Å². The molecule has 3 aromatic rings. The average Bonchev–Trinajstić information content (AvgIpc) is 3.44. The molecule has 0 radical (unpaired) electrons. The largest absolute Gasteiger partial charge is 0.491 e. The fourth-order valence-corrected chi connectivity index (χ4v) is 4.33. The Kier molecular flexibility index (Phi) is 8.49. The average molecular weight is 452 g/mol. The van der Waals surface area contributed by atoms with Crippen LogP contribution in [0.5, 0.6) is 5.75 Å². The number of anilines is 1. The quantitative estimate of drug-likeness (QED) is 0.283. The number of fused-ring (bicyclic) bond motifs is 1. The number of hydrogen-bond donors (Lipinski definition) is 4. The molecule has 0 atom stereocenters. The maximum Gasteiger partial charge on any atom is 0.300 e. The molecule has 2 aromatic carbocycles. The third-order valence-corrected chi connectivity index (χ3v) is 5.91. The number of ether oxygens (including phenoxy) is 1. The summed E-state index contributed by atoms with van der Waals surface area (Å²) >= 11 is 0. The van der Waals surface area contributed by atoms with Crippen molar-refractivity contribution in [2.45, 2.75) is 45.4 Å². The molecule has 33 heavy (non-hydrogen) atoms. The van der Waals surface area contributed by atoms with Gasteiger partial charge in [0.2, 0.25) is 0 Å². The zero-order chi connectivity index (χ0) is 23.8. The van der Waals surface area contributed by atoms with E-state index in [0.29, 0.717) is 11.5 Å². The molecular weight excluding hydrogens is 418 g/mol. The molecule has 0 aliphatic heterocycles. The number of nitrogens with one attached hydrogen (secondary N) is 1. The van der Waals surface area contributed by atoms with E-state index in [1.54, 1.807) is 0 Å². The second kappa shape index (κ2) is 11.5. The number of nitrogens with zero attached hydrogens (tertiary/aromatic N) is 1. The van der Waals surface area contributed by atoms with E-state index >= 15 is 0 Å². The third-order valence-electron chi connectivity index (χ3n) is 5.91. The number of benzene rings is 2. The van der Waals surface area contributed by atoms with Crippen LogP contribution in [0.4, 0.5) is 5.69 Å². The summed E-state index contributed by atoms with van der Waals surface area (Å²) in [6.45, 7) is 1.33. The van der Waals surface area contributed by atoms with Crippen LogP contribution < -0.4 is 10.5 Å². The van der Waals surface area contributed by atoms with E-state index in [4.69, 9.17) is 30.9 Å². The van der Waals surface area contributed by atoms with Crippen molar-refractivity contribution < 1.29 is 19.7 Å². The van der Waals surface area contributed by atoms with Gasteiger partial charge in [-0.1, -0.05) is 25.7 Å². The lowest BCUT2D eigenvalue weighted by atomic mass is 9.97. The molecule has 7 heteroatoms. The zero-order valence-electron chi connectivity index (χ0n) is 19.1. The third kappa shape index (κ3) is 6.58. The Morgan fingerprint density at radius 1 is 1.18 bits per heavy atom. The number of rotatable bonds is 8. The van der Waals surface area contributed by atoms with E-state index in [-0.39, 0.29) is 13.2 Å². The van der Waals surface area contributed by atoms with Gasteiger partial charge in [0.1, 0.15) is 12.4 Å². The lowest BCUT2D eigenvalue weighted by Gasteiger charge is -2.09. The fraction of sp³-hybridized carbons (Fsp3) is 0.385. The first-order chi connectivity index (χ1) is 15.9. The number of carboxylic acids is 1. The van der Waals surface area contributed by atoms with Gasteiger partial charge < -0.3 is 30.7 Å². The highest BCUT2D eigenvalue weighted by molar-refractivity contribution is 6.10. The van der Waals surface area contributed by atoms with Gasteiger partial charge in [-0.15, -0.1) is 0 Å². The fourth-order valence-electron chi connectivity index (χ4n) is 4.33. The first kappa shape index (κ1) is 24.3. The van der Waals surface area contributed by atoms with E-state index < -0.39 is 5.97 Å².